The molecule has 1 aromatic rings. The van der Waals surface area contributed by atoms with Crippen molar-refractivity contribution in [3.05, 3.63) is 18.4 Å². The monoisotopic (exact) mass is 267 g/mol. The largest absolute Gasteiger partial charge is 0.465 e. The van der Waals surface area contributed by atoms with Crippen molar-refractivity contribution < 1.29 is 18.7 Å². The number of ether oxygens (including phenoxy) is 1. The van der Waals surface area contributed by atoms with Crippen LogP contribution in [0.1, 0.15) is 56.4 Å². The standard InChI is InChI=1S/C14H21NO4/c1-3-5-6-11(4-2)8-19-14(17)7-13(16)12-9-18-10-15-12/h9-11H,3-8H2,1-2H3. The Bertz CT molecular complexity index is 386. The Kier molecular flexibility index (Phi) is 6.85. The first-order chi connectivity index (χ1) is 9.17. The number of unbranched alkanes of at least 4 members (excludes halogenated alkanes) is 1. The van der Waals surface area contributed by atoms with E-state index in [0.29, 0.717) is 12.5 Å². The van der Waals surface area contributed by atoms with Gasteiger partial charge in [-0.25, -0.2) is 4.98 Å². The molecule has 0 aliphatic carbocycles. The number of hydrogen-bond donors (Lipinski definition) is 0. The second-order valence-electron chi connectivity index (χ2n) is 4.57. The van der Waals surface area contributed by atoms with Gasteiger partial charge < -0.3 is 9.15 Å². The number of hydrogen-bond acceptors (Lipinski definition) is 5. The van der Waals surface area contributed by atoms with Crippen LogP contribution in [-0.4, -0.2) is 23.3 Å². The van der Waals surface area contributed by atoms with E-state index in [4.69, 9.17) is 9.15 Å². The minimum Gasteiger partial charge on any atom is -0.465 e. The summed E-state index contributed by atoms with van der Waals surface area (Å²) in [5, 5.41) is 0. The van der Waals surface area contributed by atoms with Gasteiger partial charge in [-0.3, -0.25) is 9.59 Å². The fraction of sp³-hybridized carbons (Fsp3) is 0.643. The summed E-state index contributed by atoms with van der Waals surface area (Å²) in [5.74, 6) is -0.491. The lowest BCUT2D eigenvalue weighted by Crippen LogP contribution is -2.16. The van der Waals surface area contributed by atoms with Crippen molar-refractivity contribution in [2.75, 3.05) is 6.61 Å². The molecule has 106 valence electrons. The summed E-state index contributed by atoms with van der Waals surface area (Å²) in [6.45, 7) is 4.60. The van der Waals surface area contributed by atoms with Crippen LogP contribution in [0.15, 0.2) is 17.1 Å². The fourth-order valence-electron chi connectivity index (χ4n) is 1.73. The number of oxazole rings is 1. The Morgan fingerprint density at radius 1 is 1.42 bits per heavy atom. The highest BCUT2D eigenvalue weighted by Crippen LogP contribution is 2.13. The van der Waals surface area contributed by atoms with E-state index in [1.807, 2.05) is 0 Å². The highest BCUT2D eigenvalue weighted by Gasteiger charge is 2.16. The van der Waals surface area contributed by atoms with Gasteiger partial charge in [0.1, 0.15) is 18.4 Å². The number of rotatable bonds is 9. The third-order valence-electron chi connectivity index (χ3n) is 3.05. The molecule has 0 bridgehead atoms. The molecule has 0 spiro atoms. The summed E-state index contributed by atoms with van der Waals surface area (Å²) >= 11 is 0. The molecule has 0 N–H and O–H groups in total. The molecule has 0 amide bonds. The van der Waals surface area contributed by atoms with Crippen LogP contribution in [0.5, 0.6) is 0 Å². The van der Waals surface area contributed by atoms with E-state index in [-0.39, 0.29) is 17.9 Å². The Hall–Kier alpha value is -1.65. The SMILES string of the molecule is CCCCC(CC)COC(=O)CC(=O)c1cocn1. The Labute approximate surface area is 113 Å². The first-order valence-corrected chi connectivity index (χ1v) is 6.74. The maximum Gasteiger partial charge on any atom is 0.313 e. The number of nitrogens with zero attached hydrogens (tertiary/aromatic N) is 1. The van der Waals surface area contributed by atoms with E-state index in [1.54, 1.807) is 0 Å². The summed E-state index contributed by atoms with van der Waals surface area (Å²) < 4.78 is 9.84. The molecule has 5 nitrogen and oxygen atoms in total. The smallest absolute Gasteiger partial charge is 0.313 e. The molecule has 0 aromatic carbocycles. The Balaban J connectivity index is 2.29. The number of carbonyl (C=O) groups is 2. The van der Waals surface area contributed by atoms with Crippen LogP contribution in [0.25, 0.3) is 0 Å². The van der Waals surface area contributed by atoms with Gasteiger partial charge in [0, 0.05) is 0 Å². The van der Waals surface area contributed by atoms with Crippen molar-refractivity contribution in [2.24, 2.45) is 5.92 Å². The van der Waals surface area contributed by atoms with Gasteiger partial charge in [0.15, 0.2) is 12.2 Å². The molecule has 1 heterocycles. The first-order valence-electron chi connectivity index (χ1n) is 6.74. The molecule has 19 heavy (non-hydrogen) atoms. The van der Waals surface area contributed by atoms with Crippen LogP contribution in [0, 0.1) is 5.92 Å². The van der Waals surface area contributed by atoms with Gasteiger partial charge in [-0.1, -0.05) is 33.1 Å². The number of Topliss-reactive ketones (excluding diaryl/α,β-unsaturated/α-hetero) is 1. The zero-order chi connectivity index (χ0) is 14.1. The zero-order valence-corrected chi connectivity index (χ0v) is 11.6. The maximum atomic E-state index is 11.6. The van der Waals surface area contributed by atoms with E-state index in [1.165, 1.54) is 6.26 Å². The second-order valence-corrected chi connectivity index (χ2v) is 4.57. The van der Waals surface area contributed by atoms with Crippen molar-refractivity contribution in [1.82, 2.24) is 4.98 Å². The van der Waals surface area contributed by atoms with Gasteiger partial charge in [-0.2, -0.15) is 0 Å². The molecule has 1 aromatic heterocycles. The van der Waals surface area contributed by atoms with Gasteiger partial charge in [0.2, 0.25) is 0 Å². The lowest BCUT2D eigenvalue weighted by molar-refractivity contribution is -0.144. The molecule has 0 fully saturated rings. The van der Waals surface area contributed by atoms with Gasteiger partial charge in [-0.05, 0) is 12.3 Å². The van der Waals surface area contributed by atoms with Crippen LogP contribution in [0.3, 0.4) is 0 Å². The molecule has 0 aliphatic rings. The summed E-state index contributed by atoms with van der Waals surface area (Å²) in [4.78, 5) is 26.8. The average molecular weight is 267 g/mol. The molecule has 5 heteroatoms. The van der Waals surface area contributed by atoms with Gasteiger partial charge >= 0.3 is 5.97 Å². The summed E-state index contributed by atoms with van der Waals surface area (Å²) in [6, 6.07) is 0. The quantitative estimate of drug-likeness (QED) is 0.391. The van der Waals surface area contributed by atoms with Crippen molar-refractivity contribution >= 4 is 11.8 Å². The van der Waals surface area contributed by atoms with Gasteiger partial charge in [0.05, 0.1) is 6.61 Å². The van der Waals surface area contributed by atoms with Crippen LogP contribution in [0.2, 0.25) is 0 Å². The Morgan fingerprint density at radius 3 is 2.79 bits per heavy atom. The topological polar surface area (TPSA) is 69.4 Å². The maximum absolute atomic E-state index is 11.6. The van der Waals surface area contributed by atoms with E-state index in [2.05, 4.69) is 18.8 Å². The summed E-state index contributed by atoms with van der Waals surface area (Å²) in [6.07, 6.45) is 6.41. The van der Waals surface area contributed by atoms with Crippen LogP contribution in [-0.2, 0) is 9.53 Å². The molecule has 1 unspecified atom stereocenters. The normalized spacial score (nSPS) is 12.1. The van der Waals surface area contributed by atoms with Crippen molar-refractivity contribution in [1.29, 1.82) is 0 Å². The predicted octanol–water partition coefficient (Wildman–Crippen LogP) is 3.01. The van der Waals surface area contributed by atoms with Crippen LogP contribution in [0.4, 0.5) is 0 Å². The number of ketones is 1. The highest BCUT2D eigenvalue weighted by atomic mass is 16.5. The number of aromatic nitrogens is 1. The van der Waals surface area contributed by atoms with Crippen molar-refractivity contribution in [3.63, 3.8) is 0 Å². The molecule has 1 rings (SSSR count). The lowest BCUT2D eigenvalue weighted by atomic mass is 10.0. The Morgan fingerprint density at radius 2 is 2.21 bits per heavy atom. The molecule has 0 saturated heterocycles. The van der Waals surface area contributed by atoms with Crippen LogP contribution < -0.4 is 0 Å². The van der Waals surface area contributed by atoms with E-state index in [0.717, 1.165) is 32.1 Å². The fourth-order valence-corrected chi connectivity index (χ4v) is 1.73. The number of esters is 1. The average Bonchev–Trinajstić information content (AvgIpc) is 2.93. The van der Waals surface area contributed by atoms with Gasteiger partial charge in [-0.15, -0.1) is 0 Å². The van der Waals surface area contributed by atoms with E-state index >= 15 is 0 Å². The van der Waals surface area contributed by atoms with Gasteiger partial charge in [0.25, 0.3) is 0 Å². The molecular formula is C14H21NO4. The highest BCUT2D eigenvalue weighted by molar-refractivity contribution is 6.04. The lowest BCUT2D eigenvalue weighted by Gasteiger charge is -2.14. The van der Waals surface area contributed by atoms with Crippen LogP contribution >= 0.6 is 0 Å². The molecule has 0 radical (unpaired) electrons. The molecular weight excluding hydrogens is 246 g/mol. The zero-order valence-electron chi connectivity index (χ0n) is 11.6. The third kappa shape index (κ3) is 5.68. The third-order valence-corrected chi connectivity index (χ3v) is 3.05. The van der Waals surface area contributed by atoms with Crippen molar-refractivity contribution in [3.8, 4) is 0 Å². The molecule has 0 saturated carbocycles. The summed E-state index contributed by atoms with van der Waals surface area (Å²) in [7, 11) is 0. The second kappa shape index (κ2) is 8.45. The minimum atomic E-state index is -0.497. The first kappa shape index (κ1) is 15.4. The van der Waals surface area contributed by atoms with E-state index < -0.39 is 5.97 Å². The number of carbonyl (C=O) groups excluding carboxylic acids is 2. The molecule has 0 aliphatic heterocycles. The minimum absolute atomic E-state index is 0.162. The van der Waals surface area contributed by atoms with Crippen molar-refractivity contribution in [2.45, 2.75) is 46.0 Å². The predicted molar refractivity (Wildman–Crippen MR) is 69.7 cm³/mol. The summed E-state index contributed by atoms with van der Waals surface area (Å²) in [5.41, 5.74) is 0.162. The molecule has 1 atom stereocenters. The van der Waals surface area contributed by atoms with E-state index in [9.17, 15) is 9.59 Å².